The van der Waals surface area contributed by atoms with Crippen molar-refractivity contribution in [3.8, 4) is 0 Å². The van der Waals surface area contributed by atoms with Crippen LogP contribution in [0.15, 0.2) is 24.3 Å². The molecule has 18 heavy (non-hydrogen) atoms. The van der Waals surface area contributed by atoms with Crippen LogP contribution in [0.3, 0.4) is 0 Å². The molecule has 4 heteroatoms. The molecule has 0 radical (unpaired) electrons. The summed E-state index contributed by atoms with van der Waals surface area (Å²) in [6.45, 7) is 6.32. The summed E-state index contributed by atoms with van der Waals surface area (Å²) >= 11 is 0. The fourth-order valence-electron chi connectivity index (χ4n) is 1.75. The number of nitrogens with two attached hydrogens (primary N) is 1. The molecule has 0 saturated carbocycles. The van der Waals surface area contributed by atoms with Crippen molar-refractivity contribution in [1.82, 2.24) is 0 Å². The molecule has 4 nitrogen and oxygen atoms in total. The molecule has 0 spiro atoms. The molecule has 0 unspecified atom stereocenters. The Balaban J connectivity index is 2.91. The summed E-state index contributed by atoms with van der Waals surface area (Å²) in [4.78, 5) is 14.0. The predicted molar refractivity (Wildman–Crippen MR) is 74.6 cm³/mol. The zero-order valence-electron chi connectivity index (χ0n) is 11.6. The lowest BCUT2D eigenvalue weighted by Crippen LogP contribution is -2.37. The van der Waals surface area contributed by atoms with Crippen molar-refractivity contribution in [2.45, 2.75) is 32.8 Å². The lowest BCUT2D eigenvalue weighted by Gasteiger charge is -2.28. The maximum absolute atomic E-state index is 12.3. The minimum atomic E-state index is -0.464. The smallest absolute Gasteiger partial charge is 0.229 e. The van der Waals surface area contributed by atoms with E-state index in [9.17, 15) is 4.79 Å². The van der Waals surface area contributed by atoms with Crippen LogP contribution in [-0.4, -0.2) is 25.2 Å². The Morgan fingerprint density at radius 3 is 2.50 bits per heavy atom. The molecule has 1 rings (SSSR count). The topological polar surface area (TPSA) is 55.6 Å². The Morgan fingerprint density at radius 2 is 2.00 bits per heavy atom. The van der Waals surface area contributed by atoms with Gasteiger partial charge in [-0.3, -0.25) is 4.79 Å². The van der Waals surface area contributed by atoms with E-state index in [1.165, 1.54) is 0 Å². The lowest BCUT2D eigenvalue weighted by molar-refractivity contribution is -0.123. The Hall–Kier alpha value is -1.55. The van der Waals surface area contributed by atoms with Crippen LogP contribution in [0, 0.1) is 0 Å². The molecular formula is C14H22N2O2. The van der Waals surface area contributed by atoms with Gasteiger partial charge in [-0.15, -0.1) is 0 Å². The van der Waals surface area contributed by atoms with E-state index in [1.807, 2.05) is 39.0 Å². The Kier molecular flexibility index (Phi) is 4.73. The van der Waals surface area contributed by atoms with Gasteiger partial charge in [0.2, 0.25) is 5.91 Å². The monoisotopic (exact) mass is 250 g/mol. The number of nitrogen functional groups attached to an aromatic ring is 1. The maximum Gasteiger partial charge on any atom is 0.229 e. The zero-order chi connectivity index (χ0) is 13.8. The van der Waals surface area contributed by atoms with Gasteiger partial charge < -0.3 is 15.4 Å². The number of rotatable bonds is 5. The number of nitrogens with zero attached hydrogens (tertiary/aromatic N) is 1. The number of hydrogen-bond acceptors (Lipinski definition) is 3. The second-order valence-corrected chi connectivity index (χ2v) is 4.84. The first-order chi connectivity index (χ1) is 8.41. The second-order valence-electron chi connectivity index (χ2n) is 4.84. The highest BCUT2D eigenvalue weighted by atomic mass is 16.5. The molecule has 0 aliphatic carbocycles. The number of ether oxygens (including phenoxy) is 1. The van der Waals surface area contributed by atoms with Crippen LogP contribution in [0.2, 0.25) is 0 Å². The van der Waals surface area contributed by atoms with E-state index in [1.54, 1.807) is 18.1 Å². The normalized spacial score (nSPS) is 11.3. The summed E-state index contributed by atoms with van der Waals surface area (Å²) < 4.78 is 5.29. The second kappa shape index (κ2) is 5.87. The number of methoxy groups -OCH3 is 1. The largest absolute Gasteiger partial charge is 0.397 e. The van der Waals surface area contributed by atoms with Gasteiger partial charge in [0.1, 0.15) is 0 Å². The molecule has 2 N–H and O–H groups in total. The van der Waals surface area contributed by atoms with Crippen molar-refractivity contribution in [3.63, 3.8) is 0 Å². The Labute approximate surface area is 109 Å². The van der Waals surface area contributed by atoms with Crippen LogP contribution in [0.4, 0.5) is 11.4 Å². The molecule has 0 saturated heterocycles. The van der Waals surface area contributed by atoms with Crippen molar-refractivity contribution in [2.24, 2.45) is 0 Å². The number of anilines is 2. The number of para-hydroxylation sites is 2. The molecule has 0 atom stereocenters. The molecule has 0 aliphatic heterocycles. The van der Waals surface area contributed by atoms with Crippen LogP contribution >= 0.6 is 0 Å². The van der Waals surface area contributed by atoms with Gasteiger partial charge in [0.05, 0.1) is 23.4 Å². The number of carbonyl (C=O) groups is 1. The number of benzene rings is 1. The van der Waals surface area contributed by atoms with E-state index in [0.29, 0.717) is 18.7 Å². The SMILES string of the molecule is CCN(C(=O)CC(C)(C)OC)c1ccccc1N. The van der Waals surface area contributed by atoms with Gasteiger partial charge in [-0.1, -0.05) is 12.1 Å². The molecule has 1 amide bonds. The summed E-state index contributed by atoms with van der Waals surface area (Å²) in [6, 6.07) is 7.39. The van der Waals surface area contributed by atoms with Gasteiger partial charge in [0.25, 0.3) is 0 Å². The van der Waals surface area contributed by atoms with Gasteiger partial charge >= 0.3 is 0 Å². The van der Waals surface area contributed by atoms with Crippen LogP contribution in [0.25, 0.3) is 0 Å². The van der Waals surface area contributed by atoms with Crippen molar-refractivity contribution >= 4 is 17.3 Å². The summed E-state index contributed by atoms with van der Waals surface area (Å²) in [7, 11) is 1.61. The van der Waals surface area contributed by atoms with Crippen molar-refractivity contribution in [1.29, 1.82) is 0 Å². The summed E-state index contributed by atoms with van der Waals surface area (Å²) in [5.41, 5.74) is 6.82. The maximum atomic E-state index is 12.3. The van der Waals surface area contributed by atoms with Gasteiger partial charge in [0.15, 0.2) is 0 Å². The van der Waals surface area contributed by atoms with Crippen molar-refractivity contribution in [3.05, 3.63) is 24.3 Å². The minimum absolute atomic E-state index is 0.0160. The zero-order valence-corrected chi connectivity index (χ0v) is 11.6. The Morgan fingerprint density at radius 1 is 1.39 bits per heavy atom. The van der Waals surface area contributed by atoms with Crippen LogP contribution < -0.4 is 10.6 Å². The molecule has 0 fully saturated rings. The molecular weight excluding hydrogens is 228 g/mol. The van der Waals surface area contributed by atoms with E-state index < -0.39 is 5.60 Å². The third kappa shape index (κ3) is 3.47. The molecule has 1 aromatic rings. The molecule has 1 aromatic carbocycles. The summed E-state index contributed by atoms with van der Waals surface area (Å²) in [5, 5.41) is 0. The van der Waals surface area contributed by atoms with E-state index >= 15 is 0 Å². The molecule has 0 aromatic heterocycles. The molecule has 0 aliphatic rings. The average molecular weight is 250 g/mol. The third-order valence-electron chi connectivity index (χ3n) is 2.97. The van der Waals surface area contributed by atoms with Gasteiger partial charge in [-0.2, -0.15) is 0 Å². The van der Waals surface area contributed by atoms with E-state index in [-0.39, 0.29) is 5.91 Å². The molecule has 0 heterocycles. The standard InChI is InChI=1S/C14H22N2O2/c1-5-16(12-9-7-6-8-11(12)15)13(17)10-14(2,3)18-4/h6-9H,5,10,15H2,1-4H3. The summed E-state index contributed by atoms with van der Waals surface area (Å²) in [5.74, 6) is 0.0160. The first kappa shape index (κ1) is 14.5. The van der Waals surface area contributed by atoms with Gasteiger partial charge in [0, 0.05) is 13.7 Å². The quantitative estimate of drug-likeness (QED) is 0.817. The number of carbonyl (C=O) groups excluding carboxylic acids is 1. The van der Waals surface area contributed by atoms with Crippen molar-refractivity contribution in [2.75, 3.05) is 24.3 Å². The van der Waals surface area contributed by atoms with Crippen LogP contribution in [0.1, 0.15) is 27.2 Å². The first-order valence-electron chi connectivity index (χ1n) is 6.11. The highest BCUT2D eigenvalue weighted by Gasteiger charge is 2.25. The number of amides is 1. The fourth-order valence-corrected chi connectivity index (χ4v) is 1.75. The average Bonchev–Trinajstić information content (AvgIpc) is 2.32. The van der Waals surface area contributed by atoms with Crippen LogP contribution in [-0.2, 0) is 9.53 Å². The van der Waals surface area contributed by atoms with E-state index in [2.05, 4.69) is 0 Å². The molecule has 100 valence electrons. The first-order valence-corrected chi connectivity index (χ1v) is 6.11. The Bertz CT molecular complexity index is 416. The van der Waals surface area contributed by atoms with Gasteiger partial charge in [-0.25, -0.2) is 0 Å². The minimum Gasteiger partial charge on any atom is -0.397 e. The third-order valence-corrected chi connectivity index (χ3v) is 2.97. The van der Waals surface area contributed by atoms with E-state index in [0.717, 1.165) is 5.69 Å². The van der Waals surface area contributed by atoms with Crippen LogP contribution in [0.5, 0.6) is 0 Å². The number of hydrogen-bond donors (Lipinski definition) is 1. The highest BCUT2D eigenvalue weighted by Crippen LogP contribution is 2.25. The van der Waals surface area contributed by atoms with Gasteiger partial charge in [-0.05, 0) is 32.9 Å². The van der Waals surface area contributed by atoms with E-state index in [4.69, 9.17) is 10.5 Å². The predicted octanol–water partition coefficient (Wildman–Crippen LogP) is 2.44. The summed E-state index contributed by atoms with van der Waals surface area (Å²) in [6.07, 6.45) is 0.325. The van der Waals surface area contributed by atoms with Crippen molar-refractivity contribution < 1.29 is 9.53 Å². The lowest BCUT2D eigenvalue weighted by atomic mass is 10.0. The molecule has 0 bridgehead atoms. The highest BCUT2D eigenvalue weighted by molar-refractivity contribution is 5.96. The fraction of sp³-hybridized carbons (Fsp3) is 0.500.